The molecular formula is C20H17F3N2O. The van der Waals surface area contributed by atoms with E-state index in [2.05, 4.69) is 10.3 Å². The molecule has 0 aliphatic rings. The van der Waals surface area contributed by atoms with Gasteiger partial charge in [0.05, 0.1) is 5.56 Å². The molecule has 0 unspecified atom stereocenters. The normalized spacial score (nSPS) is 12.0. The van der Waals surface area contributed by atoms with E-state index in [0.717, 1.165) is 28.6 Å². The highest BCUT2D eigenvalue weighted by Gasteiger charge is 2.30. The smallest absolute Gasteiger partial charge is 0.361 e. The zero-order valence-electron chi connectivity index (χ0n) is 13.8. The highest BCUT2D eigenvalue weighted by molar-refractivity contribution is 5.96. The average molecular weight is 358 g/mol. The van der Waals surface area contributed by atoms with Crippen LogP contribution in [0.3, 0.4) is 0 Å². The van der Waals surface area contributed by atoms with Crippen molar-refractivity contribution in [2.24, 2.45) is 0 Å². The number of amides is 1. The lowest BCUT2D eigenvalue weighted by atomic mass is 10.1. The van der Waals surface area contributed by atoms with E-state index in [1.54, 1.807) is 12.1 Å². The van der Waals surface area contributed by atoms with Crippen LogP contribution in [0.4, 0.5) is 13.2 Å². The number of nitrogens with one attached hydrogen (secondary N) is 2. The third-order valence-corrected chi connectivity index (χ3v) is 4.00. The molecule has 0 radical (unpaired) electrons. The number of halogens is 3. The monoisotopic (exact) mass is 358 g/mol. The van der Waals surface area contributed by atoms with Gasteiger partial charge in [0.15, 0.2) is 0 Å². The molecule has 26 heavy (non-hydrogen) atoms. The fourth-order valence-electron chi connectivity index (χ4n) is 2.69. The lowest BCUT2D eigenvalue weighted by Gasteiger charge is -2.08. The van der Waals surface area contributed by atoms with Gasteiger partial charge in [0.2, 0.25) is 5.91 Å². The molecule has 0 aliphatic heterocycles. The molecule has 0 fully saturated rings. The summed E-state index contributed by atoms with van der Waals surface area (Å²) in [5.74, 6) is -0.290. The maximum atomic E-state index is 12.7. The maximum absolute atomic E-state index is 12.7. The summed E-state index contributed by atoms with van der Waals surface area (Å²) >= 11 is 0. The lowest BCUT2D eigenvalue weighted by molar-refractivity contribution is -0.137. The number of H-pyrrole nitrogens is 1. The summed E-state index contributed by atoms with van der Waals surface area (Å²) in [5.41, 5.74) is 1.73. The molecule has 0 bridgehead atoms. The van der Waals surface area contributed by atoms with E-state index < -0.39 is 11.7 Å². The Balaban J connectivity index is 1.55. The molecule has 3 rings (SSSR count). The van der Waals surface area contributed by atoms with Crippen LogP contribution in [-0.2, 0) is 17.4 Å². The second kappa shape index (κ2) is 7.47. The summed E-state index contributed by atoms with van der Waals surface area (Å²) in [7, 11) is 0. The Morgan fingerprint density at radius 2 is 1.92 bits per heavy atom. The summed E-state index contributed by atoms with van der Waals surface area (Å²) in [6.07, 6.45) is 0.912. The van der Waals surface area contributed by atoms with Gasteiger partial charge in [0, 0.05) is 29.7 Å². The fourth-order valence-corrected chi connectivity index (χ4v) is 2.69. The Labute approximate surface area is 148 Å². The van der Waals surface area contributed by atoms with E-state index in [1.165, 1.54) is 12.1 Å². The first-order valence-electron chi connectivity index (χ1n) is 8.11. The van der Waals surface area contributed by atoms with Gasteiger partial charge in [-0.3, -0.25) is 4.79 Å². The molecule has 134 valence electrons. The molecule has 0 saturated heterocycles. The zero-order chi connectivity index (χ0) is 18.6. The van der Waals surface area contributed by atoms with Crippen molar-refractivity contribution in [3.05, 3.63) is 77.5 Å². The lowest BCUT2D eigenvalue weighted by Crippen LogP contribution is -2.23. The van der Waals surface area contributed by atoms with Gasteiger partial charge in [-0.15, -0.1) is 0 Å². The van der Waals surface area contributed by atoms with Gasteiger partial charge in [0.1, 0.15) is 0 Å². The minimum atomic E-state index is -4.36. The number of hydrogen-bond donors (Lipinski definition) is 2. The molecular weight excluding hydrogens is 341 g/mol. The standard InChI is InChI=1S/C20H17F3N2O/c21-20(22,23)16-5-3-4-14(12-16)10-11-24-19(26)9-8-15-13-25-18-7-2-1-6-17(15)18/h1-9,12-13,25H,10-11H2,(H,24,26). The Kier molecular flexibility index (Phi) is 5.11. The quantitative estimate of drug-likeness (QED) is 0.646. The minimum Gasteiger partial charge on any atom is -0.361 e. The number of fused-ring (bicyclic) bond motifs is 1. The second-order valence-electron chi connectivity index (χ2n) is 5.86. The van der Waals surface area contributed by atoms with Gasteiger partial charge in [-0.05, 0) is 35.8 Å². The SMILES string of the molecule is O=C(C=Cc1c[nH]c2ccccc12)NCCc1cccc(C(F)(F)F)c1. The summed E-state index contributed by atoms with van der Waals surface area (Å²) in [4.78, 5) is 15.0. The molecule has 0 saturated carbocycles. The number of carbonyl (C=O) groups excluding carboxylic acids is 1. The third-order valence-electron chi connectivity index (χ3n) is 4.00. The van der Waals surface area contributed by atoms with Crippen molar-refractivity contribution < 1.29 is 18.0 Å². The number of carbonyl (C=O) groups is 1. The number of hydrogen-bond acceptors (Lipinski definition) is 1. The van der Waals surface area contributed by atoms with Crippen molar-refractivity contribution in [3.63, 3.8) is 0 Å². The molecule has 1 heterocycles. The fraction of sp³-hybridized carbons (Fsp3) is 0.150. The zero-order valence-corrected chi connectivity index (χ0v) is 13.8. The van der Waals surface area contributed by atoms with Gasteiger partial charge in [0.25, 0.3) is 0 Å². The summed E-state index contributed by atoms with van der Waals surface area (Å²) in [6, 6.07) is 12.9. The van der Waals surface area contributed by atoms with Gasteiger partial charge in [-0.25, -0.2) is 0 Å². The van der Waals surface area contributed by atoms with Crippen molar-refractivity contribution >= 4 is 22.9 Å². The van der Waals surface area contributed by atoms with Crippen molar-refractivity contribution in [1.29, 1.82) is 0 Å². The topological polar surface area (TPSA) is 44.9 Å². The van der Waals surface area contributed by atoms with E-state index in [0.29, 0.717) is 12.0 Å². The molecule has 0 spiro atoms. The van der Waals surface area contributed by atoms with Crippen LogP contribution in [0.2, 0.25) is 0 Å². The third kappa shape index (κ3) is 4.33. The Hall–Kier alpha value is -3.02. The van der Waals surface area contributed by atoms with Crippen LogP contribution >= 0.6 is 0 Å². The molecule has 2 aromatic carbocycles. The van der Waals surface area contributed by atoms with Crippen molar-refractivity contribution in [2.75, 3.05) is 6.54 Å². The van der Waals surface area contributed by atoms with Gasteiger partial charge >= 0.3 is 6.18 Å². The molecule has 3 nitrogen and oxygen atoms in total. The van der Waals surface area contributed by atoms with Gasteiger partial charge in [-0.1, -0.05) is 36.4 Å². The van der Waals surface area contributed by atoms with Crippen LogP contribution in [0, 0.1) is 0 Å². The first-order valence-corrected chi connectivity index (χ1v) is 8.11. The van der Waals surface area contributed by atoms with Crippen LogP contribution in [-0.4, -0.2) is 17.4 Å². The van der Waals surface area contributed by atoms with Crippen molar-refractivity contribution in [2.45, 2.75) is 12.6 Å². The highest BCUT2D eigenvalue weighted by Crippen LogP contribution is 2.29. The summed E-state index contributed by atoms with van der Waals surface area (Å²) in [6.45, 7) is 0.262. The number of rotatable bonds is 5. The summed E-state index contributed by atoms with van der Waals surface area (Å²) < 4.78 is 38.0. The summed E-state index contributed by atoms with van der Waals surface area (Å²) in [5, 5.41) is 3.70. The Bertz CT molecular complexity index is 941. The predicted molar refractivity (Wildman–Crippen MR) is 95.5 cm³/mol. The maximum Gasteiger partial charge on any atom is 0.416 e. The molecule has 1 aromatic heterocycles. The first-order chi connectivity index (χ1) is 12.4. The molecule has 2 N–H and O–H groups in total. The molecule has 1 amide bonds. The van der Waals surface area contributed by atoms with Crippen LogP contribution < -0.4 is 5.32 Å². The van der Waals surface area contributed by atoms with Crippen molar-refractivity contribution in [1.82, 2.24) is 10.3 Å². The average Bonchev–Trinajstić information content (AvgIpc) is 3.03. The minimum absolute atomic E-state index is 0.262. The number of benzene rings is 2. The molecule has 6 heteroatoms. The van der Waals surface area contributed by atoms with E-state index >= 15 is 0 Å². The molecule has 0 aliphatic carbocycles. The number of alkyl halides is 3. The van der Waals surface area contributed by atoms with Crippen LogP contribution in [0.25, 0.3) is 17.0 Å². The van der Waals surface area contributed by atoms with E-state index in [9.17, 15) is 18.0 Å². The van der Waals surface area contributed by atoms with Crippen LogP contribution in [0.1, 0.15) is 16.7 Å². The number of aromatic amines is 1. The first kappa shape index (κ1) is 17.8. The van der Waals surface area contributed by atoms with E-state index in [1.807, 2.05) is 30.5 Å². The van der Waals surface area contributed by atoms with Crippen molar-refractivity contribution in [3.8, 4) is 0 Å². The van der Waals surface area contributed by atoms with Crippen LogP contribution in [0.15, 0.2) is 60.8 Å². The van der Waals surface area contributed by atoms with E-state index in [-0.39, 0.29) is 12.5 Å². The predicted octanol–water partition coefficient (Wildman–Crippen LogP) is 4.56. The van der Waals surface area contributed by atoms with E-state index in [4.69, 9.17) is 0 Å². The van der Waals surface area contributed by atoms with Crippen LogP contribution in [0.5, 0.6) is 0 Å². The Morgan fingerprint density at radius 1 is 1.12 bits per heavy atom. The Morgan fingerprint density at radius 3 is 2.73 bits per heavy atom. The highest BCUT2D eigenvalue weighted by atomic mass is 19.4. The number of para-hydroxylation sites is 1. The number of aromatic nitrogens is 1. The molecule has 3 aromatic rings. The van der Waals surface area contributed by atoms with Gasteiger partial charge < -0.3 is 10.3 Å². The molecule has 0 atom stereocenters. The second-order valence-corrected chi connectivity index (χ2v) is 5.86. The largest absolute Gasteiger partial charge is 0.416 e. The van der Waals surface area contributed by atoms with Gasteiger partial charge in [-0.2, -0.15) is 13.2 Å².